The predicted octanol–water partition coefficient (Wildman–Crippen LogP) is 2.29. The zero-order valence-corrected chi connectivity index (χ0v) is 12.2. The summed E-state index contributed by atoms with van der Waals surface area (Å²) in [6.45, 7) is 3.35. The van der Waals surface area contributed by atoms with Crippen LogP contribution in [0.25, 0.3) is 0 Å². The van der Waals surface area contributed by atoms with Gasteiger partial charge in [0.15, 0.2) is 0 Å². The number of nitrogens with zero attached hydrogens (tertiary/aromatic N) is 1. The molecule has 0 spiro atoms. The fourth-order valence-electron chi connectivity index (χ4n) is 4.01. The molecule has 3 rings (SSSR count). The zero-order chi connectivity index (χ0) is 13.1. The summed E-state index contributed by atoms with van der Waals surface area (Å²) in [5, 5.41) is 13.7. The van der Waals surface area contributed by atoms with Gasteiger partial charge >= 0.3 is 0 Å². The Morgan fingerprint density at radius 3 is 2.21 bits per heavy atom. The molecule has 0 amide bonds. The summed E-state index contributed by atoms with van der Waals surface area (Å²) >= 11 is 0. The second-order valence-corrected chi connectivity index (χ2v) is 7.06. The molecule has 0 unspecified atom stereocenters. The zero-order valence-electron chi connectivity index (χ0n) is 12.2. The normalized spacial score (nSPS) is 30.2. The molecule has 3 heteroatoms. The Morgan fingerprint density at radius 2 is 1.63 bits per heavy atom. The maximum Gasteiger partial charge on any atom is 0.0771 e. The van der Waals surface area contributed by atoms with Gasteiger partial charge in [0.25, 0.3) is 0 Å². The van der Waals surface area contributed by atoms with Gasteiger partial charge in [-0.25, -0.2) is 0 Å². The SMILES string of the molecule is OC1(CNC2CCN(C3CCCCC3)CC2)CCC1. The van der Waals surface area contributed by atoms with Gasteiger partial charge in [-0.2, -0.15) is 0 Å². The molecule has 0 bridgehead atoms. The quantitative estimate of drug-likeness (QED) is 0.819. The maximum atomic E-state index is 10.1. The monoisotopic (exact) mass is 266 g/mol. The number of piperidine rings is 1. The van der Waals surface area contributed by atoms with Crippen LogP contribution in [0, 0.1) is 0 Å². The molecule has 1 aliphatic heterocycles. The first-order valence-electron chi connectivity index (χ1n) is 8.45. The van der Waals surface area contributed by atoms with Crippen LogP contribution in [0.3, 0.4) is 0 Å². The molecule has 19 heavy (non-hydrogen) atoms. The van der Waals surface area contributed by atoms with Crippen molar-refractivity contribution in [3.63, 3.8) is 0 Å². The highest BCUT2D eigenvalue weighted by Gasteiger charge is 2.35. The average molecular weight is 266 g/mol. The Balaban J connectivity index is 1.37. The van der Waals surface area contributed by atoms with E-state index in [0.717, 1.165) is 25.4 Å². The first-order chi connectivity index (χ1) is 9.25. The topological polar surface area (TPSA) is 35.5 Å². The van der Waals surface area contributed by atoms with Gasteiger partial charge in [-0.3, -0.25) is 0 Å². The van der Waals surface area contributed by atoms with Crippen LogP contribution in [0.15, 0.2) is 0 Å². The minimum absolute atomic E-state index is 0.361. The van der Waals surface area contributed by atoms with Gasteiger partial charge in [0.2, 0.25) is 0 Å². The Labute approximate surface area is 117 Å². The van der Waals surface area contributed by atoms with Crippen molar-refractivity contribution in [3.8, 4) is 0 Å². The van der Waals surface area contributed by atoms with E-state index in [-0.39, 0.29) is 5.60 Å². The third-order valence-corrected chi connectivity index (χ3v) is 5.62. The Morgan fingerprint density at radius 1 is 0.947 bits per heavy atom. The van der Waals surface area contributed by atoms with Gasteiger partial charge in [-0.1, -0.05) is 19.3 Å². The molecular formula is C16H30N2O. The Kier molecular flexibility index (Phi) is 4.45. The Hall–Kier alpha value is -0.120. The summed E-state index contributed by atoms with van der Waals surface area (Å²) in [6, 6.07) is 1.52. The first-order valence-corrected chi connectivity index (χ1v) is 8.45. The summed E-state index contributed by atoms with van der Waals surface area (Å²) in [4.78, 5) is 2.73. The molecule has 3 aliphatic rings. The lowest BCUT2D eigenvalue weighted by Gasteiger charge is -2.42. The minimum Gasteiger partial charge on any atom is -0.389 e. The highest BCUT2D eigenvalue weighted by Crippen LogP contribution is 2.31. The van der Waals surface area contributed by atoms with E-state index in [1.807, 2.05) is 0 Å². The van der Waals surface area contributed by atoms with E-state index < -0.39 is 0 Å². The molecule has 0 aromatic carbocycles. The van der Waals surface area contributed by atoms with Crippen molar-refractivity contribution >= 4 is 0 Å². The molecule has 2 aliphatic carbocycles. The lowest BCUT2D eigenvalue weighted by Crippen LogP contribution is -2.52. The van der Waals surface area contributed by atoms with Gasteiger partial charge in [-0.05, 0) is 58.0 Å². The lowest BCUT2D eigenvalue weighted by molar-refractivity contribution is -0.0350. The number of nitrogens with one attached hydrogen (secondary N) is 1. The van der Waals surface area contributed by atoms with Gasteiger partial charge in [0.1, 0.15) is 0 Å². The van der Waals surface area contributed by atoms with Crippen molar-refractivity contribution in [2.45, 2.75) is 81.9 Å². The van der Waals surface area contributed by atoms with Crippen LogP contribution in [0.1, 0.15) is 64.2 Å². The van der Waals surface area contributed by atoms with Crippen LogP contribution in [-0.4, -0.2) is 47.3 Å². The number of rotatable bonds is 4. The van der Waals surface area contributed by atoms with Crippen molar-refractivity contribution in [1.82, 2.24) is 10.2 Å². The fraction of sp³-hybridized carbons (Fsp3) is 1.00. The van der Waals surface area contributed by atoms with Crippen LogP contribution in [-0.2, 0) is 0 Å². The van der Waals surface area contributed by atoms with Crippen LogP contribution in [0.5, 0.6) is 0 Å². The average Bonchev–Trinajstić information content (AvgIpc) is 2.45. The predicted molar refractivity (Wildman–Crippen MR) is 78.3 cm³/mol. The molecule has 3 fully saturated rings. The minimum atomic E-state index is -0.361. The number of hydrogen-bond acceptors (Lipinski definition) is 3. The summed E-state index contributed by atoms with van der Waals surface area (Å²) in [5.41, 5.74) is -0.361. The van der Waals surface area contributed by atoms with Crippen LogP contribution in [0.2, 0.25) is 0 Å². The van der Waals surface area contributed by atoms with E-state index in [1.54, 1.807) is 0 Å². The third-order valence-electron chi connectivity index (χ3n) is 5.62. The van der Waals surface area contributed by atoms with Gasteiger partial charge < -0.3 is 15.3 Å². The molecule has 2 saturated carbocycles. The second-order valence-electron chi connectivity index (χ2n) is 7.06. The molecule has 2 N–H and O–H groups in total. The summed E-state index contributed by atoms with van der Waals surface area (Å²) in [6.07, 6.45) is 12.9. The van der Waals surface area contributed by atoms with E-state index in [4.69, 9.17) is 0 Å². The highest BCUT2D eigenvalue weighted by molar-refractivity contribution is 4.91. The molecular weight excluding hydrogens is 236 g/mol. The van der Waals surface area contributed by atoms with E-state index in [2.05, 4.69) is 10.2 Å². The summed E-state index contributed by atoms with van der Waals surface area (Å²) in [5.74, 6) is 0. The van der Waals surface area contributed by atoms with Crippen molar-refractivity contribution in [2.24, 2.45) is 0 Å². The van der Waals surface area contributed by atoms with Gasteiger partial charge in [0, 0.05) is 18.6 Å². The molecule has 3 nitrogen and oxygen atoms in total. The second kappa shape index (κ2) is 6.11. The maximum absolute atomic E-state index is 10.1. The van der Waals surface area contributed by atoms with Crippen molar-refractivity contribution in [2.75, 3.05) is 19.6 Å². The van der Waals surface area contributed by atoms with Crippen molar-refractivity contribution in [3.05, 3.63) is 0 Å². The number of aliphatic hydroxyl groups is 1. The van der Waals surface area contributed by atoms with E-state index in [0.29, 0.717) is 6.04 Å². The molecule has 0 radical (unpaired) electrons. The summed E-state index contributed by atoms with van der Waals surface area (Å²) < 4.78 is 0. The molecule has 0 aromatic heterocycles. The number of hydrogen-bond donors (Lipinski definition) is 2. The van der Waals surface area contributed by atoms with Crippen LogP contribution in [0.4, 0.5) is 0 Å². The van der Waals surface area contributed by atoms with E-state index in [1.165, 1.54) is 64.5 Å². The molecule has 0 aromatic rings. The van der Waals surface area contributed by atoms with Crippen molar-refractivity contribution < 1.29 is 5.11 Å². The molecule has 1 saturated heterocycles. The first kappa shape index (κ1) is 13.8. The van der Waals surface area contributed by atoms with E-state index in [9.17, 15) is 5.11 Å². The van der Waals surface area contributed by atoms with Crippen LogP contribution < -0.4 is 5.32 Å². The smallest absolute Gasteiger partial charge is 0.0771 e. The summed E-state index contributed by atoms with van der Waals surface area (Å²) in [7, 11) is 0. The van der Waals surface area contributed by atoms with E-state index >= 15 is 0 Å². The highest BCUT2D eigenvalue weighted by atomic mass is 16.3. The fourth-order valence-corrected chi connectivity index (χ4v) is 4.01. The standard InChI is InChI=1S/C16H30N2O/c19-16(9-4-10-16)13-17-14-7-11-18(12-8-14)15-5-2-1-3-6-15/h14-15,17,19H,1-13H2. The van der Waals surface area contributed by atoms with Gasteiger partial charge in [-0.15, -0.1) is 0 Å². The largest absolute Gasteiger partial charge is 0.389 e. The Bertz CT molecular complexity index is 276. The third kappa shape index (κ3) is 3.50. The van der Waals surface area contributed by atoms with Crippen LogP contribution >= 0.6 is 0 Å². The number of likely N-dealkylation sites (tertiary alicyclic amines) is 1. The molecule has 110 valence electrons. The van der Waals surface area contributed by atoms with Crippen molar-refractivity contribution in [1.29, 1.82) is 0 Å². The van der Waals surface area contributed by atoms with Gasteiger partial charge in [0.05, 0.1) is 5.60 Å². The molecule has 0 atom stereocenters. The lowest BCUT2D eigenvalue weighted by atomic mass is 9.80. The molecule has 1 heterocycles.